The molecule has 20 heavy (non-hydrogen) atoms. The van der Waals surface area contributed by atoms with Crippen LogP contribution in [0.2, 0.25) is 0 Å². The highest BCUT2D eigenvalue weighted by molar-refractivity contribution is 5.85. The van der Waals surface area contributed by atoms with Crippen LogP contribution >= 0.6 is 12.4 Å². The lowest BCUT2D eigenvalue weighted by Gasteiger charge is -2.34. The highest BCUT2D eigenvalue weighted by Crippen LogP contribution is 2.25. The zero-order valence-electron chi connectivity index (χ0n) is 12.2. The van der Waals surface area contributed by atoms with Gasteiger partial charge < -0.3 is 10.1 Å². The molecular weight excluding hydrogens is 272 g/mol. The molecule has 0 radical (unpaired) electrons. The number of halogens is 1. The van der Waals surface area contributed by atoms with E-state index in [0.717, 1.165) is 18.5 Å². The number of nitrogens with one attached hydrogen (secondary N) is 1. The Morgan fingerprint density at radius 3 is 3.00 bits per heavy atom. The minimum Gasteiger partial charge on any atom is -0.380 e. The van der Waals surface area contributed by atoms with Crippen molar-refractivity contribution < 1.29 is 4.74 Å². The Labute approximate surface area is 128 Å². The molecule has 0 saturated carbocycles. The summed E-state index contributed by atoms with van der Waals surface area (Å²) in [6, 6.07) is 9.59. The SMILES string of the molecule is COCc1cccc(CN2CCC3NCCC3C2)c1.Cl. The predicted molar refractivity (Wildman–Crippen MR) is 84.2 cm³/mol. The van der Waals surface area contributed by atoms with Crippen molar-refractivity contribution in [1.29, 1.82) is 0 Å². The topological polar surface area (TPSA) is 24.5 Å². The first kappa shape index (κ1) is 15.8. The first-order valence-corrected chi connectivity index (χ1v) is 7.37. The molecule has 3 nitrogen and oxygen atoms in total. The van der Waals surface area contributed by atoms with Gasteiger partial charge in [-0.2, -0.15) is 0 Å². The summed E-state index contributed by atoms with van der Waals surface area (Å²) in [5, 5.41) is 3.63. The second-order valence-corrected chi connectivity index (χ2v) is 5.89. The maximum atomic E-state index is 5.21. The molecule has 2 unspecified atom stereocenters. The van der Waals surface area contributed by atoms with Gasteiger partial charge in [0, 0.05) is 26.2 Å². The Bertz CT molecular complexity index is 427. The van der Waals surface area contributed by atoms with E-state index in [0.29, 0.717) is 6.61 Å². The van der Waals surface area contributed by atoms with Crippen LogP contribution in [0.4, 0.5) is 0 Å². The van der Waals surface area contributed by atoms with Crippen LogP contribution in [0, 0.1) is 5.92 Å². The molecule has 0 aliphatic carbocycles. The van der Waals surface area contributed by atoms with Crippen molar-refractivity contribution in [3.63, 3.8) is 0 Å². The van der Waals surface area contributed by atoms with Crippen molar-refractivity contribution in [3.8, 4) is 0 Å². The van der Waals surface area contributed by atoms with E-state index in [4.69, 9.17) is 4.74 Å². The number of benzene rings is 1. The number of methoxy groups -OCH3 is 1. The van der Waals surface area contributed by atoms with Gasteiger partial charge in [0.2, 0.25) is 0 Å². The Morgan fingerprint density at radius 1 is 1.30 bits per heavy atom. The summed E-state index contributed by atoms with van der Waals surface area (Å²) in [6.45, 7) is 5.49. The number of rotatable bonds is 4. The number of fused-ring (bicyclic) bond motifs is 1. The monoisotopic (exact) mass is 296 g/mol. The van der Waals surface area contributed by atoms with Gasteiger partial charge in [-0.15, -0.1) is 12.4 Å². The van der Waals surface area contributed by atoms with E-state index in [1.165, 1.54) is 43.6 Å². The molecule has 1 N–H and O–H groups in total. The van der Waals surface area contributed by atoms with Crippen molar-refractivity contribution in [3.05, 3.63) is 35.4 Å². The van der Waals surface area contributed by atoms with Gasteiger partial charge in [-0.25, -0.2) is 0 Å². The first-order valence-electron chi connectivity index (χ1n) is 7.37. The van der Waals surface area contributed by atoms with Gasteiger partial charge in [0.1, 0.15) is 0 Å². The Hall–Kier alpha value is -0.610. The van der Waals surface area contributed by atoms with Crippen LogP contribution in [0.3, 0.4) is 0 Å². The summed E-state index contributed by atoms with van der Waals surface area (Å²) in [5.41, 5.74) is 2.69. The average Bonchev–Trinajstić information content (AvgIpc) is 2.87. The highest BCUT2D eigenvalue weighted by Gasteiger charge is 2.32. The Balaban J connectivity index is 0.00000147. The molecule has 3 rings (SSSR count). The molecule has 1 aromatic rings. The summed E-state index contributed by atoms with van der Waals surface area (Å²) in [7, 11) is 1.75. The lowest BCUT2D eigenvalue weighted by Crippen LogP contribution is -2.43. The van der Waals surface area contributed by atoms with Crippen LogP contribution in [0.5, 0.6) is 0 Å². The molecule has 2 saturated heterocycles. The third kappa shape index (κ3) is 3.73. The largest absolute Gasteiger partial charge is 0.380 e. The lowest BCUT2D eigenvalue weighted by molar-refractivity contribution is 0.155. The van der Waals surface area contributed by atoms with Crippen molar-refractivity contribution in [2.45, 2.75) is 32.0 Å². The van der Waals surface area contributed by atoms with Crippen molar-refractivity contribution in [2.75, 3.05) is 26.7 Å². The number of piperidine rings is 1. The predicted octanol–water partition coefficient (Wildman–Crippen LogP) is 2.44. The third-order valence-electron chi connectivity index (χ3n) is 4.45. The van der Waals surface area contributed by atoms with Crippen LogP contribution in [0.1, 0.15) is 24.0 Å². The molecule has 2 aliphatic heterocycles. The summed E-state index contributed by atoms with van der Waals surface area (Å²) in [4.78, 5) is 2.61. The van der Waals surface area contributed by atoms with Gasteiger partial charge in [-0.1, -0.05) is 24.3 Å². The lowest BCUT2D eigenvalue weighted by atomic mass is 9.93. The second kappa shape index (κ2) is 7.41. The first-order chi connectivity index (χ1) is 9.35. The van der Waals surface area contributed by atoms with Crippen molar-refractivity contribution in [1.82, 2.24) is 10.2 Å². The maximum absolute atomic E-state index is 5.21. The van der Waals surface area contributed by atoms with E-state index < -0.39 is 0 Å². The molecule has 2 aliphatic rings. The van der Waals surface area contributed by atoms with Gasteiger partial charge >= 0.3 is 0 Å². The zero-order chi connectivity index (χ0) is 13.1. The quantitative estimate of drug-likeness (QED) is 0.924. The smallest absolute Gasteiger partial charge is 0.0713 e. The highest BCUT2D eigenvalue weighted by atomic mass is 35.5. The summed E-state index contributed by atoms with van der Waals surface area (Å²) in [5.74, 6) is 0.871. The van der Waals surface area contributed by atoms with E-state index in [1.807, 2.05) is 0 Å². The molecule has 0 spiro atoms. The molecule has 0 aromatic heterocycles. The van der Waals surface area contributed by atoms with Crippen molar-refractivity contribution in [2.24, 2.45) is 5.92 Å². The fourth-order valence-corrected chi connectivity index (χ4v) is 3.51. The van der Waals surface area contributed by atoms with Crippen LogP contribution in [-0.2, 0) is 17.9 Å². The molecule has 0 amide bonds. The van der Waals surface area contributed by atoms with E-state index in [2.05, 4.69) is 34.5 Å². The molecule has 2 atom stereocenters. The Morgan fingerprint density at radius 2 is 2.15 bits per heavy atom. The van der Waals surface area contributed by atoms with E-state index in [9.17, 15) is 0 Å². The van der Waals surface area contributed by atoms with E-state index in [1.54, 1.807) is 7.11 Å². The van der Waals surface area contributed by atoms with E-state index in [-0.39, 0.29) is 12.4 Å². The molecule has 4 heteroatoms. The van der Waals surface area contributed by atoms with Gasteiger partial charge in [-0.05, 0) is 43.0 Å². The van der Waals surface area contributed by atoms with E-state index >= 15 is 0 Å². The minimum absolute atomic E-state index is 0. The van der Waals surface area contributed by atoms with Gasteiger partial charge in [0.25, 0.3) is 0 Å². The van der Waals surface area contributed by atoms with Crippen LogP contribution in [0.15, 0.2) is 24.3 Å². The second-order valence-electron chi connectivity index (χ2n) is 5.89. The number of likely N-dealkylation sites (tertiary alicyclic amines) is 1. The maximum Gasteiger partial charge on any atom is 0.0713 e. The standard InChI is InChI=1S/C16H24N2O.ClH/c1-19-12-14-4-2-3-13(9-14)10-18-8-6-16-15(11-18)5-7-17-16;/h2-4,9,15-17H,5-8,10-12H2,1H3;1H. The fourth-order valence-electron chi connectivity index (χ4n) is 3.51. The summed E-state index contributed by atoms with van der Waals surface area (Å²) >= 11 is 0. The molecule has 0 bridgehead atoms. The average molecular weight is 297 g/mol. The third-order valence-corrected chi connectivity index (χ3v) is 4.45. The van der Waals surface area contributed by atoms with Crippen LogP contribution in [0.25, 0.3) is 0 Å². The molecule has 1 aromatic carbocycles. The molecule has 112 valence electrons. The molecule has 2 fully saturated rings. The number of hydrogen-bond donors (Lipinski definition) is 1. The van der Waals surface area contributed by atoms with Crippen molar-refractivity contribution >= 4 is 12.4 Å². The summed E-state index contributed by atoms with van der Waals surface area (Å²) in [6.07, 6.45) is 2.66. The molecular formula is C16H25ClN2O. The zero-order valence-corrected chi connectivity index (χ0v) is 13.0. The number of hydrogen-bond acceptors (Lipinski definition) is 3. The number of ether oxygens (including phenoxy) is 1. The van der Waals surface area contributed by atoms with Gasteiger partial charge in [0.05, 0.1) is 6.61 Å². The van der Waals surface area contributed by atoms with Crippen LogP contribution < -0.4 is 5.32 Å². The number of nitrogens with zero attached hydrogens (tertiary/aromatic N) is 1. The minimum atomic E-state index is 0. The van der Waals surface area contributed by atoms with Gasteiger partial charge in [-0.3, -0.25) is 4.90 Å². The van der Waals surface area contributed by atoms with Crippen LogP contribution in [-0.4, -0.2) is 37.7 Å². The normalized spacial score (nSPS) is 26.1. The Kier molecular flexibility index (Phi) is 5.85. The van der Waals surface area contributed by atoms with Gasteiger partial charge in [0.15, 0.2) is 0 Å². The fraction of sp³-hybridized carbons (Fsp3) is 0.625. The summed E-state index contributed by atoms with van der Waals surface area (Å²) < 4.78 is 5.21. The molecule has 2 heterocycles.